The molecule has 0 atom stereocenters. The van der Waals surface area contributed by atoms with Gasteiger partial charge in [-0.25, -0.2) is 0 Å². The van der Waals surface area contributed by atoms with E-state index in [-0.39, 0.29) is 5.49 Å². The summed E-state index contributed by atoms with van der Waals surface area (Å²) >= 11 is 0. The minimum Gasteiger partial charge on any atom is -0.283 e. The molecule has 0 fully saturated rings. The molecule has 4 heteroatoms. The van der Waals surface area contributed by atoms with Gasteiger partial charge in [0.1, 0.15) is 5.49 Å². The van der Waals surface area contributed by atoms with E-state index in [0.717, 1.165) is 4.68 Å². The van der Waals surface area contributed by atoms with Crippen LogP contribution in [0.3, 0.4) is 0 Å². The first kappa shape index (κ1) is 5.68. The fourth-order valence-corrected chi connectivity index (χ4v) is 0.506. The summed E-state index contributed by atoms with van der Waals surface area (Å²) in [6, 6.07) is 4.80. The fourth-order valence-electron chi connectivity index (χ4n) is 0.506. The van der Waals surface area contributed by atoms with Crippen molar-refractivity contribution in [3.05, 3.63) is 34.8 Å². The normalized spacial score (nSPS) is 8.89. The van der Waals surface area contributed by atoms with Crippen molar-refractivity contribution < 1.29 is 0 Å². The maximum absolute atomic E-state index is 9.82. The number of hydrogen-bond donors (Lipinski definition) is 1. The van der Waals surface area contributed by atoms with Crippen LogP contribution in [0.15, 0.2) is 29.7 Å². The van der Waals surface area contributed by atoms with E-state index in [9.17, 15) is 4.91 Å². The highest BCUT2D eigenvalue weighted by atomic mass is 16.3. The van der Waals surface area contributed by atoms with Gasteiger partial charge in [-0.1, -0.05) is 6.07 Å². The van der Waals surface area contributed by atoms with Gasteiger partial charge in [-0.15, -0.1) is 4.91 Å². The molecule has 0 aromatic carbocycles. The van der Waals surface area contributed by atoms with Crippen LogP contribution in [0.25, 0.3) is 0 Å². The van der Waals surface area contributed by atoms with Crippen molar-refractivity contribution in [2.75, 3.05) is 0 Å². The predicted octanol–water partition coefficient (Wildman–Crippen LogP) is 0.497. The van der Waals surface area contributed by atoms with Gasteiger partial charge in [0.15, 0.2) is 0 Å². The second kappa shape index (κ2) is 2.21. The molecule has 1 aromatic rings. The predicted molar refractivity (Wildman–Crippen MR) is 31.5 cm³/mol. The lowest BCUT2D eigenvalue weighted by Crippen LogP contribution is -2.12. The summed E-state index contributed by atoms with van der Waals surface area (Å²) in [5.41, 5.74) is 0.0903. The Hall–Kier alpha value is -1.45. The largest absolute Gasteiger partial charge is 0.283 e. The average Bonchev–Trinajstić information content (AvgIpc) is 1.89. The first-order valence-electron chi connectivity index (χ1n) is 2.40. The monoisotopic (exact) mass is 123 g/mol. The summed E-state index contributed by atoms with van der Waals surface area (Å²) in [6.45, 7) is 0. The van der Waals surface area contributed by atoms with Crippen LogP contribution in [0.4, 0.5) is 0 Å². The standard InChI is InChI=1S/C5H5N3O/c6-5-3-1-2-4-8(5)7-9/h1-4,6H. The van der Waals surface area contributed by atoms with Gasteiger partial charge in [0, 0.05) is 6.20 Å². The first-order chi connectivity index (χ1) is 4.34. The van der Waals surface area contributed by atoms with Gasteiger partial charge in [-0.3, -0.25) is 5.41 Å². The van der Waals surface area contributed by atoms with E-state index >= 15 is 0 Å². The number of nitroso groups, excluding NO2 is 1. The van der Waals surface area contributed by atoms with Crippen LogP contribution in [0, 0.1) is 10.3 Å². The maximum atomic E-state index is 9.82. The average molecular weight is 123 g/mol. The van der Waals surface area contributed by atoms with Gasteiger partial charge in [0.25, 0.3) is 0 Å². The molecule has 0 saturated carbocycles. The molecular formula is C5H5N3O. The third-order valence-corrected chi connectivity index (χ3v) is 0.927. The third kappa shape index (κ3) is 1.02. The molecule has 9 heavy (non-hydrogen) atoms. The molecule has 0 unspecified atom stereocenters. The summed E-state index contributed by atoms with van der Waals surface area (Å²) in [7, 11) is 0. The topological polar surface area (TPSA) is 58.2 Å². The second-order valence-corrected chi connectivity index (χ2v) is 1.51. The lowest BCUT2D eigenvalue weighted by Gasteiger charge is -1.88. The van der Waals surface area contributed by atoms with E-state index in [1.807, 2.05) is 0 Å². The minimum atomic E-state index is 0.0903. The highest BCUT2D eigenvalue weighted by Gasteiger charge is 1.82. The molecular weight excluding hydrogens is 118 g/mol. The van der Waals surface area contributed by atoms with Crippen molar-refractivity contribution in [1.29, 1.82) is 5.41 Å². The zero-order chi connectivity index (χ0) is 6.69. The van der Waals surface area contributed by atoms with Crippen molar-refractivity contribution >= 4 is 0 Å². The van der Waals surface area contributed by atoms with E-state index in [2.05, 4.69) is 5.29 Å². The molecule has 0 aliphatic heterocycles. The second-order valence-electron chi connectivity index (χ2n) is 1.51. The van der Waals surface area contributed by atoms with Gasteiger partial charge in [-0.2, -0.15) is 4.68 Å². The molecule has 1 aromatic heterocycles. The molecule has 46 valence electrons. The van der Waals surface area contributed by atoms with Gasteiger partial charge in [0.2, 0.25) is 0 Å². The van der Waals surface area contributed by atoms with Crippen molar-refractivity contribution in [1.82, 2.24) is 4.68 Å². The summed E-state index contributed by atoms with van der Waals surface area (Å²) in [5, 5.41) is 9.59. The van der Waals surface area contributed by atoms with Crippen LogP contribution in [0.5, 0.6) is 0 Å². The number of nitrogens with one attached hydrogen (secondary N) is 1. The Morgan fingerprint density at radius 3 is 2.78 bits per heavy atom. The molecule has 0 saturated heterocycles. The number of aromatic nitrogens is 1. The molecule has 4 nitrogen and oxygen atoms in total. The summed E-state index contributed by atoms with van der Waals surface area (Å²) < 4.78 is 0.944. The Balaban J connectivity index is 3.32. The Bertz CT molecular complexity index is 265. The van der Waals surface area contributed by atoms with Crippen LogP contribution in [-0.2, 0) is 0 Å². The van der Waals surface area contributed by atoms with Crippen LogP contribution in [-0.4, -0.2) is 4.68 Å². The zero-order valence-electron chi connectivity index (χ0n) is 4.61. The van der Waals surface area contributed by atoms with E-state index in [1.165, 1.54) is 12.3 Å². The van der Waals surface area contributed by atoms with Gasteiger partial charge in [0.05, 0.1) is 5.29 Å². The Kier molecular flexibility index (Phi) is 1.40. The lowest BCUT2D eigenvalue weighted by molar-refractivity contribution is 0.781. The highest BCUT2D eigenvalue weighted by molar-refractivity contribution is 4.90. The molecule has 0 aliphatic rings. The number of rotatable bonds is 1. The SMILES string of the molecule is N=c1ccccn1N=O. The molecule has 0 spiro atoms. The summed E-state index contributed by atoms with van der Waals surface area (Å²) in [5.74, 6) is 0. The van der Waals surface area contributed by atoms with E-state index in [0.29, 0.717) is 0 Å². The van der Waals surface area contributed by atoms with Crippen LogP contribution in [0.1, 0.15) is 0 Å². The van der Waals surface area contributed by atoms with Crippen molar-refractivity contribution in [3.8, 4) is 0 Å². The lowest BCUT2D eigenvalue weighted by atomic mass is 10.5. The first-order valence-corrected chi connectivity index (χ1v) is 2.40. The summed E-state index contributed by atoms with van der Waals surface area (Å²) in [4.78, 5) is 9.82. The van der Waals surface area contributed by atoms with E-state index in [4.69, 9.17) is 5.41 Å². The maximum Gasteiger partial charge on any atom is 0.149 e. The number of pyridine rings is 1. The van der Waals surface area contributed by atoms with Gasteiger partial charge < -0.3 is 0 Å². The van der Waals surface area contributed by atoms with Crippen LogP contribution in [0.2, 0.25) is 0 Å². The molecule has 0 bridgehead atoms. The molecule has 0 aliphatic carbocycles. The summed E-state index contributed by atoms with van der Waals surface area (Å²) in [6.07, 6.45) is 1.43. The van der Waals surface area contributed by atoms with E-state index in [1.54, 1.807) is 12.1 Å². The van der Waals surface area contributed by atoms with Crippen molar-refractivity contribution in [3.63, 3.8) is 0 Å². The smallest absolute Gasteiger partial charge is 0.149 e. The Morgan fingerprint density at radius 2 is 2.33 bits per heavy atom. The molecule has 0 amide bonds. The Labute approximate surface area is 51.2 Å². The Morgan fingerprint density at radius 1 is 1.56 bits per heavy atom. The number of hydrogen-bond acceptors (Lipinski definition) is 3. The van der Waals surface area contributed by atoms with Crippen LogP contribution >= 0.6 is 0 Å². The van der Waals surface area contributed by atoms with Gasteiger partial charge >= 0.3 is 0 Å². The van der Waals surface area contributed by atoms with Crippen molar-refractivity contribution in [2.45, 2.75) is 0 Å². The zero-order valence-corrected chi connectivity index (χ0v) is 4.61. The third-order valence-electron chi connectivity index (χ3n) is 0.927. The van der Waals surface area contributed by atoms with Gasteiger partial charge in [-0.05, 0) is 12.1 Å². The molecule has 1 rings (SSSR count). The minimum absolute atomic E-state index is 0.0903. The quantitative estimate of drug-likeness (QED) is 0.543. The fraction of sp³-hybridized carbons (Fsp3) is 0. The molecule has 1 heterocycles. The number of nitrogens with zero attached hydrogens (tertiary/aromatic N) is 2. The van der Waals surface area contributed by atoms with Crippen LogP contribution < -0.4 is 5.49 Å². The molecule has 1 N–H and O–H groups in total. The van der Waals surface area contributed by atoms with E-state index < -0.39 is 0 Å². The van der Waals surface area contributed by atoms with Crippen molar-refractivity contribution in [2.24, 2.45) is 5.29 Å². The highest BCUT2D eigenvalue weighted by Crippen LogP contribution is 1.77. The molecule has 0 radical (unpaired) electrons.